The van der Waals surface area contributed by atoms with E-state index in [9.17, 15) is 4.79 Å². The molecule has 0 spiro atoms. The summed E-state index contributed by atoms with van der Waals surface area (Å²) in [6, 6.07) is 10.0. The zero-order valence-corrected chi connectivity index (χ0v) is 10.9. The molecule has 1 unspecified atom stereocenters. The Balaban J connectivity index is 1.74. The molecule has 1 heterocycles. The number of carbonyl (C=O) groups excluding carboxylic acids is 1. The van der Waals surface area contributed by atoms with Crippen LogP contribution in [0.2, 0.25) is 0 Å². The fraction of sp³-hybridized carbons (Fsp3) is 0.500. The van der Waals surface area contributed by atoms with Crippen LogP contribution in [0, 0.1) is 0 Å². The van der Waals surface area contributed by atoms with Crippen LogP contribution >= 0.6 is 0 Å². The lowest BCUT2D eigenvalue weighted by atomic mass is 10.3. The summed E-state index contributed by atoms with van der Waals surface area (Å²) in [5.41, 5.74) is 6.90. The van der Waals surface area contributed by atoms with E-state index >= 15 is 0 Å². The first-order chi connectivity index (χ1) is 8.68. The molecule has 18 heavy (non-hydrogen) atoms. The maximum atomic E-state index is 11.6. The van der Waals surface area contributed by atoms with Crippen LogP contribution in [0.4, 0.5) is 5.69 Å². The Labute approximate surface area is 108 Å². The van der Waals surface area contributed by atoms with Gasteiger partial charge in [0.2, 0.25) is 5.91 Å². The summed E-state index contributed by atoms with van der Waals surface area (Å²) in [5, 5.41) is 0. The number of hydrogen-bond acceptors (Lipinski definition) is 3. The van der Waals surface area contributed by atoms with Crippen LogP contribution in [0.3, 0.4) is 0 Å². The van der Waals surface area contributed by atoms with Crippen LogP contribution in [0.25, 0.3) is 0 Å². The lowest BCUT2D eigenvalue weighted by Crippen LogP contribution is -2.35. The molecule has 4 nitrogen and oxygen atoms in total. The van der Waals surface area contributed by atoms with Gasteiger partial charge in [-0.1, -0.05) is 18.2 Å². The van der Waals surface area contributed by atoms with Gasteiger partial charge in [-0.15, -0.1) is 0 Å². The third kappa shape index (κ3) is 3.01. The highest BCUT2D eigenvalue weighted by Gasteiger charge is 2.27. The maximum absolute atomic E-state index is 11.6. The van der Waals surface area contributed by atoms with E-state index in [0.717, 1.165) is 32.5 Å². The van der Waals surface area contributed by atoms with E-state index in [1.807, 2.05) is 23.1 Å². The molecular formula is C14H21N3O. The van der Waals surface area contributed by atoms with E-state index in [-0.39, 0.29) is 11.9 Å². The zero-order valence-electron chi connectivity index (χ0n) is 10.9. The predicted octanol–water partition coefficient (Wildman–Crippen LogP) is 1.07. The third-order valence-corrected chi connectivity index (χ3v) is 3.46. The Morgan fingerprint density at radius 2 is 2.11 bits per heavy atom. The van der Waals surface area contributed by atoms with Crippen LogP contribution in [0.1, 0.15) is 12.8 Å². The number of likely N-dealkylation sites (tertiary alicyclic amines) is 1. The number of benzene rings is 1. The van der Waals surface area contributed by atoms with Crippen LogP contribution in [0.15, 0.2) is 30.3 Å². The Bertz CT molecular complexity index is 393. The highest BCUT2D eigenvalue weighted by Crippen LogP contribution is 2.13. The molecule has 1 saturated heterocycles. The van der Waals surface area contributed by atoms with E-state index in [4.69, 9.17) is 5.73 Å². The minimum atomic E-state index is -0.267. The van der Waals surface area contributed by atoms with Gasteiger partial charge in [0.05, 0.1) is 6.04 Å². The van der Waals surface area contributed by atoms with Crippen molar-refractivity contribution in [1.82, 2.24) is 4.90 Å². The van der Waals surface area contributed by atoms with Gasteiger partial charge in [-0.2, -0.15) is 0 Å². The largest absolute Gasteiger partial charge is 0.375 e. The average Bonchev–Trinajstić information content (AvgIpc) is 2.71. The van der Waals surface area contributed by atoms with Crippen molar-refractivity contribution >= 4 is 11.6 Å². The van der Waals surface area contributed by atoms with Gasteiger partial charge < -0.3 is 15.5 Å². The first-order valence-electron chi connectivity index (χ1n) is 6.49. The normalized spacial score (nSPS) is 19.3. The van der Waals surface area contributed by atoms with Gasteiger partial charge >= 0.3 is 0 Å². The molecule has 1 aliphatic heterocycles. The Morgan fingerprint density at radius 3 is 2.72 bits per heavy atom. The molecule has 0 aliphatic carbocycles. The van der Waals surface area contributed by atoms with Crippen molar-refractivity contribution in [3.05, 3.63) is 30.3 Å². The summed E-state index contributed by atoms with van der Waals surface area (Å²) < 4.78 is 0. The molecule has 1 aromatic carbocycles. The Kier molecular flexibility index (Phi) is 4.20. The van der Waals surface area contributed by atoms with Gasteiger partial charge in [0.15, 0.2) is 0 Å². The molecule has 0 saturated carbocycles. The molecule has 1 aromatic rings. The minimum absolute atomic E-state index is 0.109. The van der Waals surface area contributed by atoms with Crippen molar-refractivity contribution in [1.29, 1.82) is 0 Å². The molecular weight excluding hydrogens is 226 g/mol. The van der Waals surface area contributed by atoms with E-state index in [2.05, 4.69) is 24.1 Å². The topological polar surface area (TPSA) is 49.6 Å². The van der Waals surface area contributed by atoms with Crippen molar-refractivity contribution in [2.45, 2.75) is 18.9 Å². The number of hydrogen-bond donors (Lipinski definition) is 1. The van der Waals surface area contributed by atoms with Crippen LogP contribution in [-0.2, 0) is 4.79 Å². The monoisotopic (exact) mass is 247 g/mol. The average molecular weight is 247 g/mol. The molecule has 2 rings (SSSR count). The van der Waals surface area contributed by atoms with Crippen molar-refractivity contribution in [3.8, 4) is 0 Å². The van der Waals surface area contributed by atoms with Gasteiger partial charge in [0, 0.05) is 32.4 Å². The molecule has 0 bridgehead atoms. The minimum Gasteiger partial charge on any atom is -0.375 e. The fourth-order valence-electron chi connectivity index (χ4n) is 2.30. The quantitative estimate of drug-likeness (QED) is 0.847. The number of nitrogens with two attached hydrogens (primary N) is 1. The lowest BCUT2D eigenvalue weighted by molar-refractivity contribution is -0.128. The summed E-state index contributed by atoms with van der Waals surface area (Å²) in [6.45, 7) is 2.57. The van der Waals surface area contributed by atoms with Crippen LogP contribution in [-0.4, -0.2) is 43.5 Å². The maximum Gasteiger partial charge on any atom is 0.239 e. The summed E-state index contributed by atoms with van der Waals surface area (Å²) in [4.78, 5) is 15.7. The van der Waals surface area contributed by atoms with Crippen molar-refractivity contribution < 1.29 is 4.79 Å². The fourth-order valence-corrected chi connectivity index (χ4v) is 2.30. The van der Waals surface area contributed by atoms with Gasteiger partial charge in [-0.25, -0.2) is 0 Å². The van der Waals surface area contributed by atoms with E-state index in [0.29, 0.717) is 0 Å². The molecule has 98 valence electrons. The zero-order chi connectivity index (χ0) is 13.0. The SMILES string of the molecule is CN(CCCN1CCC(N)C1=O)c1ccccc1. The molecule has 1 fully saturated rings. The highest BCUT2D eigenvalue weighted by atomic mass is 16.2. The van der Waals surface area contributed by atoms with Crippen LogP contribution < -0.4 is 10.6 Å². The molecule has 1 amide bonds. The predicted molar refractivity (Wildman–Crippen MR) is 73.5 cm³/mol. The standard InChI is InChI=1S/C14H21N3O/c1-16(12-6-3-2-4-7-12)9-5-10-17-11-8-13(15)14(17)18/h2-4,6-7,13H,5,8-11,15H2,1H3. The lowest BCUT2D eigenvalue weighted by Gasteiger charge is -2.21. The van der Waals surface area contributed by atoms with Crippen molar-refractivity contribution in [2.24, 2.45) is 5.73 Å². The number of carbonyl (C=O) groups is 1. The molecule has 1 atom stereocenters. The van der Waals surface area contributed by atoms with E-state index in [1.54, 1.807) is 0 Å². The third-order valence-electron chi connectivity index (χ3n) is 3.46. The second kappa shape index (κ2) is 5.87. The summed E-state index contributed by atoms with van der Waals surface area (Å²) in [5.74, 6) is 0.109. The molecule has 0 aromatic heterocycles. The summed E-state index contributed by atoms with van der Waals surface area (Å²) in [6.07, 6.45) is 1.78. The molecule has 2 N–H and O–H groups in total. The first-order valence-corrected chi connectivity index (χ1v) is 6.49. The van der Waals surface area contributed by atoms with Gasteiger partial charge in [0.25, 0.3) is 0 Å². The van der Waals surface area contributed by atoms with Gasteiger partial charge in [-0.3, -0.25) is 4.79 Å². The molecule has 0 radical (unpaired) electrons. The number of nitrogens with zero attached hydrogens (tertiary/aromatic N) is 2. The number of anilines is 1. The molecule has 4 heteroatoms. The Hall–Kier alpha value is -1.55. The van der Waals surface area contributed by atoms with E-state index < -0.39 is 0 Å². The highest BCUT2D eigenvalue weighted by molar-refractivity contribution is 5.83. The second-order valence-corrected chi connectivity index (χ2v) is 4.83. The van der Waals surface area contributed by atoms with Crippen molar-refractivity contribution in [2.75, 3.05) is 31.6 Å². The second-order valence-electron chi connectivity index (χ2n) is 4.83. The Morgan fingerprint density at radius 1 is 1.39 bits per heavy atom. The summed E-state index contributed by atoms with van der Waals surface area (Å²) >= 11 is 0. The van der Waals surface area contributed by atoms with Crippen molar-refractivity contribution in [3.63, 3.8) is 0 Å². The van der Waals surface area contributed by atoms with Gasteiger partial charge in [0.1, 0.15) is 0 Å². The first kappa shape index (κ1) is 12.9. The van der Waals surface area contributed by atoms with Gasteiger partial charge in [-0.05, 0) is 25.0 Å². The van der Waals surface area contributed by atoms with Crippen LogP contribution in [0.5, 0.6) is 0 Å². The number of para-hydroxylation sites is 1. The van der Waals surface area contributed by atoms with E-state index in [1.165, 1.54) is 5.69 Å². The smallest absolute Gasteiger partial charge is 0.239 e. The summed E-state index contributed by atoms with van der Waals surface area (Å²) in [7, 11) is 2.08. The number of amides is 1. The molecule has 1 aliphatic rings. The number of rotatable bonds is 5.